The summed E-state index contributed by atoms with van der Waals surface area (Å²) in [4.78, 5) is 14.9. The minimum Gasteiger partial charge on any atom is -0.478 e. The van der Waals surface area contributed by atoms with E-state index in [1.165, 1.54) is 11.8 Å². The zero-order valence-electron chi connectivity index (χ0n) is 9.91. The number of benzene rings is 1. The zero-order chi connectivity index (χ0) is 13.0. The molecule has 1 aromatic heterocycles. The van der Waals surface area contributed by atoms with Crippen LogP contribution >= 0.6 is 11.8 Å². The number of hydrogen-bond donors (Lipinski definition) is 1. The van der Waals surface area contributed by atoms with Crippen molar-refractivity contribution in [3.63, 3.8) is 0 Å². The number of carbonyl (C=O) groups is 1. The van der Waals surface area contributed by atoms with Crippen LogP contribution in [0.15, 0.2) is 53.7 Å². The van der Waals surface area contributed by atoms with Gasteiger partial charge in [-0.2, -0.15) is 0 Å². The van der Waals surface area contributed by atoms with E-state index >= 15 is 0 Å². The standard InChI is InChI=1S/C14H13NO2S/c1-10(11-5-3-2-4-6-11)18-13-8-7-12(9-15-13)14(16)17/h2-10H,1H3,(H,16,17). The topological polar surface area (TPSA) is 50.2 Å². The van der Waals surface area contributed by atoms with Gasteiger partial charge in [-0.3, -0.25) is 0 Å². The van der Waals surface area contributed by atoms with Gasteiger partial charge in [0.2, 0.25) is 0 Å². The Kier molecular flexibility index (Phi) is 3.99. The summed E-state index contributed by atoms with van der Waals surface area (Å²) in [6.07, 6.45) is 1.39. The van der Waals surface area contributed by atoms with Crippen molar-refractivity contribution >= 4 is 17.7 Å². The number of thioether (sulfide) groups is 1. The molecule has 0 aliphatic heterocycles. The second-order valence-electron chi connectivity index (χ2n) is 3.86. The monoisotopic (exact) mass is 259 g/mol. The van der Waals surface area contributed by atoms with Crippen LogP contribution in [0.25, 0.3) is 0 Å². The molecular formula is C14H13NO2S. The molecule has 1 aromatic carbocycles. The van der Waals surface area contributed by atoms with Crippen molar-refractivity contribution < 1.29 is 9.90 Å². The number of pyridine rings is 1. The lowest BCUT2D eigenvalue weighted by Crippen LogP contribution is -1.97. The molecule has 3 nitrogen and oxygen atoms in total. The third kappa shape index (κ3) is 3.11. The molecular weight excluding hydrogens is 246 g/mol. The second-order valence-corrected chi connectivity index (χ2v) is 5.22. The van der Waals surface area contributed by atoms with Crippen LogP contribution in [0.3, 0.4) is 0 Å². The van der Waals surface area contributed by atoms with Crippen molar-refractivity contribution in [2.45, 2.75) is 17.2 Å². The van der Waals surface area contributed by atoms with Crippen LogP contribution in [0.1, 0.15) is 28.1 Å². The third-order valence-corrected chi connectivity index (χ3v) is 3.66. The molecule has 0 saturated heterocycles. The highest BCUT2D eigenvalue weighted by Crippen LogP contribution is 2.33. The Morgan fingerprint density at radius 3 is 2.50 bits per heavy atom. The molecule has 0 radical (unpaired) electrons. The average molecular weight is 259 g/mol. The van der Waals surface area contributed by atoms with Crippen molar-refractivity contribution in [1.29, 1.82) is 0 Å². The maximum Gasteiger partial charge on any atom is 0.337 e. The van der Waals surface area contributed by atoms with E-state index in [1.807, 2.05) is 18.2 Å². The van der Waals surface area contributed by atoms with Gasteiger partial charge in [0.1, 0.15) is 0 Å². The summed E-state index contributed by atoms with van der Waals surface area (Å²) in [5.74, 6) is -0.949. The van der Waals surface area contributed by atoms with Gasteiger partial charge in [-0.05, 0) is 24.6 Å². The highest BCUT2D eigenvalue weighted by atomic mass is 32.2. The number of carboxylic acid groups (broad SMARTS) is 1. The summed E-state index contributed by atoms with van der Waals surface area (Å²) in [6, 6.07) is 13.5. The fourth-order valence-electron chi connectivity index (χ4n) is 1.55. The summed E-state index contributed by atoms with van der Waals surface area (Å²) in [5, 5.41) is 9.91. The largest absolute Gasteiger partial charge is 0.478 e. The molecule has 0 saturated carbocycles. The Balaban J connectivity index is 2.08. The lowest BCUT2D eigenvalue weighted by molar-refractivity contribution is 0.0696. The minimum atomic E-state index is -0.949. The van der Waals surface area contributed by atoms with Crippen molar-refractivity contribution in [2.75, 3.05) is 0 Å². The molecule has 0 amide bonds. The Morgan fingerprint density at radius 2 is 1.94 bits per heavy atom. The number of hydrogen-bond acceptors (Lipinski definition) is 3. The van der Waals surface area contributed by atoms with Crippen molar-refractivity contribution in [3.8, 4) is 0 Å². The zero-order valence-corrected chi connectivity index (χ0v) is 10.7. The summed E-state index contributed by atoms with van der Waals surface area (Å²) in [5.41, 5.74) is 1.44. The quantitative estimate of drug-likeness (QED) is 0.852. The number of aromatic carboxylic acids is 1. The van der Waals surface area contributed by atoms with E-state index in [1.54, 1.807) is 23.9 Å². The predicted molar refractivity (Wildman–Crippen MR) is 71.9 cm³/mol. The van der Waals surface area contributed by atoms with Gasteiger partial charge in [0, 0.05) is 11.4 Å². The molecule has 2 rings (SSSR count). The Hall–Kier alpha value is -1.81. The fraction of sp³-hybridized carbons (Fsp3) is 0.143. The van der Waals surface area contributed by atoms with E-state index in [0.29, 0.717) is 0 Å². The van der Waals surface area contributed by atoms with Crippen LogP contribution < -0.4 is 0 Å². The fourth-order valence-corrected chi connectivity index (χ4v) is 2.47. The summed E-state index contributed by atoms with van der Waals surface area (Å²) in [7, 11) is 0. The minimum absolute atomic E-state index is 0.215. The van der Waals surface area contributed by atoms with E-state index in [2.05, 4.69) is 24.0 Å². The van der Waals surface area contributed by atoms with Gasteiger partial charge in [0.05, 0.1) is 10.6 Å². The van der Waals surface area contributed by atoms with Gasteiger partial charge in [-0.1, -0.05) is 42.1 Å². The Labute approximate surface area is 110 Å². The summed E-state index contributed by atoms with van der Waals surface area (Å²) in [6.45, 7) is 2.10. The van der Waals surface area contributed by atoms with Gasteiger partial charge in [-0.15, -0.1) is 0 Å². The molecule has 4 heteroatoms. The smallest absolute Gasteiger partial charge is 0.337 e. The van der Waals surface area contributed by atoms with Crippen molar-refractivity contribution in [3.05, 3.63) is 59.8 Å². The van der Waals surface area contributed by atoms with Crippen molar-refractivity contribution in [1.82, 2.24) is 4.98 Å². The Bertz CT molecular complexity index is 525. The van der Waals surface area contributed by atoms with E-state index in [9.17, 15) is 4.79 Å². The van der Waals surface area contributed by atoms with Crippen LogP contribution in [-0.4, -0.2) is 16.1 Å². The van der Waals surface area contributed by atoms with Gasteiger partial charge >= 0.3 is 5.97 Å². The normalized spacial score (nSPS) is 12.1. The van der Waals surface area contributed by atoms with Gasteiger partial charge in [0.15, 0.2) is 0 Å². The molecule has 0 aliphatic rings. The predicted octanol–water partition coefficient (Wildman–Crippen LogP) is 3.63. The molecule has 0 aliphatic carbocycles. The van der Waals surface area contributed by atoms with Crippen LogP contribution in [0.4, 0.5) is 0 Å². The number of nitrogens with zero attached hydrogens (tertiary/aromatic N) is 1. The summed E-state index contributed by atoms with van der Waals surface area (Å²) >= 11 is 1.61. The maximum absolute atomic E-state index is 10.7. The molecule has 18 heavy (non-hydrogen) atoms. The van der Waals surface area contributed by atoms with Gasteiger partial charge in [-0.25, -0.2) is 9.78 Å². The molecule has 0 bridgehead atoms. The Morgan fingerprint density at radius 1 is 1.22 bits per heavy atom. The number of carboxylic acids is 1. The first-order valence-corrected chi connectivity index (χ1v) is 6.46. The molecule has 0 spiro atoms. The first kappa shape index (κ1) is 12.6. The van der Waals surface area contributed by atoms with Crippen molar-refractivity contribution in [2.24, 2.45) is 0 Å². The second kappa shape index (κ2) is 5.69. The number of rotatable bonds is 4. The van der Waals surface area contributed by atoms with E-state index in [4.69, 9.17) is 5.11 Å². The van der Waals surface area contributed by atoms with Gasteiger partial charge in [0.25, 0.3) is 0 Å². The molecule has 1 N–H and O–H groups in total. The number of aromatic nitrogens is 1. The molecule has 0 fully saturated rings. The van der Waals surface area contributed by atoms with Gasteiger partial charge < -0.3 is 5.11 Å². The lowest BCUT2D eigenvalue weighted by Gasteiger charge is -2.10. The molecule has 1 atom stereocenters. The maximum atomic E-state index is 10.7. The molecule has 2 aromatic rings. The summed E-state index contributed by atoms with van der Waals surface area (Å²) < 4.78 is 0. The lowest BCUT2D eigenvalue weighted by atomic mass is 10.2. The average Bonchev–Trinajstić information content (AvgIpc) is 2.40. The third-order valence-electron chi connectivity index (χ3n) is 2.55. The van der Waals surface area contributed by atoms with Crippen LogP contribution in [0, 0.1) is 0 Å². The first-order chi connectivity index (χ1) is 8.66. The molecule has 92 valence electrons. The van der Waals surface area contributed by atoms with Crippen LogP contribution in [0.2, 0.25) is 0 Å². The van der Waals surface area contributed by atoms with E-state index in [0.717, 1.165) is 5.03 Å². The van der Waals surface area contributed by atoms with Crippen LogP contribution in [0.5, 0.6) is 0 Å². The first-order valence-electron chi connectivity index (χ1n) is 5.58. The highest BCUT2D eigenvalue weighted by molar-refractivity contribution is 7.99. The van der Waals surface area contributed by atoms with E-state index in [-0.39, 0.29) is 10.8 Å². The SMILES string of the molecule is CC(Sc1ccc(C(=O)O)cn1)c1ccccc1. The molecule has 1 heterocycles. The molecule has 1 unspecified atom stereocenters. The highest BCUT2D eigenvalue weighted by Gasteiger charge is 2.09. The van der Waals surface area contributed by atoms with Crippen LogP contribution in [-0.2, 0) is 0 Å². The van der Waals surface area contributed by atoms with E-state index < -0.39 is 5.97 Å².